The van der Waals surface area contributed by atoms with Crippen molar-refractivity contribution in [3.63, 3.8) is 0 Å². The fraction of sp³-hybridized carbons (Fsp3) is 0.429. The molecule has 0 atom stereocenters. The number of fused-ring (bicyclic) bond motifs is 2. The van der Waals surface area contributed by atoms with E-state index in [0.29, 0.717) is 10.2 Å². The summed E-state index contributed by atoms with van der Waals surface area (Å²) in [5, 5.41) is 21.3. The van der Waals surface area contributed by atoms with E-state index < -0.39 is 24.0 Å². The number of alkyl halides is 2. The lowest BCUT2D eigenvalue weighted by molar-refractivity contribution is -0.0848. The standard InChI is InChI=1S/C28H30F2N6O5/c1-27(2,39)14-40-16-6-7-18-20(9-16)36(26(29)30)33-22(18)24(38)32-15-10-28(11-15)12-17(13-28)41-25-21(23(31)37)19-5-3-4-8-35(19)34-25/h3-9,15,17,26,39H,10-14H2,1-2H3,(H2,31,37)(H,32,38). The van der Waals surface area contributed by atoms with Crippen molar-refractivity contribution in [3.8, 4) is 11.6 Å². The van der Waals surface area contributed by atoms with Gasteiger partial charge in [-0.3, -0.25) is 9.59 Å². The highest BCUT2D eigenvalue weighted by atomic mass is 19.3. The first-order chi connectivity index (χ1) is 19.4. The average molecular weight is 569 g/mol. The lowest BCUT2D eigenvalue weighted by Gasteiger charge is -2.57. The van der Waals surface area contributed by atoms with Gasteiger partial charge in [-0.05, 0) is 69.2 Å². The molecule has 1 aromatic carbocycles. The molecular formula is C28H30F2N6O5. The molecule has 2 fully saturated rings. The molecular weight excluding hydrogens is 538 g/mol. The maximum absolute atomic E-state index is 13.7. The molecule has 0 radical (unpaired) electrons. The highest BCUT2D eigenvalue weighted by Crippen LogP contribution is 2.57. The summed E-state index contributed by atoms with van der Waals surface area (Å²) in [6, 6.07) is 9.67. The largest absolute Gasteiger partial charge is 0.491 e. The number of primary amides is 1. The van der Waals surface area contributed by atoms with E-state index in [4.69, 9.17) is 15.2 Å². The number of benzene rings is 1. The number of amides is 2. The minimum Gasteiger partial charge on any atom is -0.491 e. The Morgan fingerprint density at radius 3 is 2.61 bits per heavy atom. The van der Waals surface area contributed by atoms with Crippen molar-refractivity contribution in [3.05, 3.63) is 53.9 Å². The molecule has 11 nitrogen and oxygen atoms in total. The maximum Gasteiger partial charge on any atom is 0.333 e. The van der Waals surface area contributed by atoms with E-state index in [9.17, 15) is 23.5 Å². The van der Waals surface area contributed by atoms with Gasteiger partial charge in [0.1, 0.15) is 24.0 Å². The number of ether oxygens (including phenoxy) is 2. The third-order valence-electron chi connectivity index (χ3n) is 7.72. The zero-order chi connectivity index (χ0) is 29.1. The molecule has 0 bridgehead atoms. The number of nitrogens with two attached hydrogens (primary N) is 1. The summed E-state index contributed by atoms with van der Waals surface area (Å²) in [5.74, 6) is -0.644. The molecule has 2 aliphatic carbocycles. The van der Waals surface area contributed by atoms with Crippen LogP contribution in [0.25, 0.3) is 16.4 Å². The fourth-order valence-corrected chi connectivity index (χ4v) is 5.90. The molecule has 13 heteroatoms. The van der Waals surface area contributed by atoms with Gasteiger partial charge in [0.25, 0.3) is 11.8 Å². The van der Waals surface area contributed by atoms with Crippen LogP contribution in [-0.2, 0) is 0 Å². The number of hydrogen-bond acceptors (Lipinski definition) is 7. The summed E-state index contributed by atoms with van der Waals surface area (Å²) in [7, 11) is 0. The smallest absolute Gasteiger partial charge is 0.333 e. The number of pyridine rings is 1. The number of aliphatic hydroxyl groups is 1. The Hall–Kier alpha value is -4.26. The fourth-order valence-electron chi connectivity index (χ4n) is 5.90. The number of halogens is 2. The van der Waals surface area contributed by atoms with Crippen molar-refractivity contribution in [1.82, 2.24) is 24.7 Å². The third-order valence-corrected chi connectivity index (χ3v) is 7.72. The molecule has 2 saturated carbocycles. The van der Waals surface area contributed by atoms with Crippen molar-refractivity contribution in [2.24, 2.45) is 11.1 Å². The number of carbonyl (C=O) groups excluding carboxylic acids is 2. The molecule has 41 heavy (non-hydrogen) atoms. The van der Waals surface area contributed by atoms with Crippen LogP contribution in [0.3, 0.4) is 0 Å². The summed E-state index contributed by atoms with van der Waals surface area (Å²) < 4.78 is 41.1. The number of aromatic nitrogens is 4. The van der Waals surface area contributed by atoms with Gasteiger partial charge in [-0.15, -0.1) is 5.10 Å². The summed E-state index contributed by atoms with van der Waals surface area (Å²) >= 11 is 0. The molecule has 4 N–H and O–H groups in total. The van der Waals surface area contributed by atoms with Gasteiger partial charge in [0.05, 0.1) is 16.6 Å². The third kappa shape index (κ3) is 5.05. The van der Waals surface area contributed by atoms with Crippen LogP contribution >= 0.6 is 0 Å². The van der Waals surface area contributed by atoms with Crippen molar-refractivity contribution >= 4 is 28.2 Å². The van der Waals surface area contributed by atoms with Gasteiger partial charge in [-0.2, -0.15) is 13.9 Å². The Labute approximate surface area is 233 Å². The average Bonchev–Trinajstić information content (AvgIpc) is 3.42. The maximum atomic E-state index is 13.7. The Bertz CT molecular complexity index is 1640. The van der Waals surface area contributed by atoms with Crippen LogP contribution in [0.1, 0.15) is 66.9 Å². The van der Waals surface area contributed by atoms with Crippen LogP contribution in [0, 0.1) is 5.41 Å². The quantitative estimate of drug-likeness (QED) is 0.280. The predicted molar refractivity (Wildman–Crippen MR) is 143 cm³/mol. The summed E-state index contributed by atoms with van der Waals surface area (Å²) in [4.78, 5) is 25.1. The molecule has 4 aromatic rings. The van der Waals surface area contributed by atoms with Crippen molar-refractivity contribution in [1.29, 1.82) is 0 Å². The topological polar surface area (TPSA) is 146 Å². The van der Waals surface area contributed by atoms with Crippen molar-refractivity contribution in [2.45, 2.75) is 63.8 Å². The number of nitrogens with one attached hydrogen (secondary N) is 1. The number of nitrogens with zero attached hydrogens (tertiary/aromatic N) is 4. The molecule has 216 valence electrons. The summed E-state index contributed by atoms with van der Waals surface area (Å²) in [5.41, 5.74) is 5.28. The van der Waals surface area contributed by atoms with Crippen molar-refractivity contribution in [2.75, 3.05) is 6.61 Å². The lowest BCUT2D eigenvalue weighted by atomic mass is 9.53. The Balaban J connectivity index is 1.08. The van der Waals surface area contributed by atoms with E-state index in [1.807, 2.05) is 0 Å². The Morgan fingerprint density at radius 2 is 1.93 bits per heavy atom. The molecule has 2 amide bonds. The van der Waals surface area contributed by atoms with E-state index in [-0.39, 0.29) is 58.0 Å². The minimum absolute atomic E-state index is 0.00574. The van der Waals surface area contributed by atoms with E-state index in [1.54, 1.807) is 48.8 Å². The predicted octanol–water partition coefficient (Wildman–Crippen LogP) is 3.45. The van der Waals surface area contributed by atoms with Gasteiger partial charge in [-0.25, -0.2) is 9.20 Å². The van der Waals surface area contributed by atoms with Gasteiger partial charge in [-0.1, -0.05) is 6.07 Å². The molecule has 0 unspecified atom stereocenters. The van der Waals surface area contributed by atoms with Gasteiger partial charge in [0.15, 0.2) is 5.69 Å². The molecule has 1 spiro atoms. The SMILES string of the molecule is CC(C)(O)COc1ccc2c(C(=O)NC3CC4(C3)CC(Oc3nn5ccccc5c3C(N)=O)C4)nn(C(F)F)c2c1. The monoisotopic (exact) mass is 568 g/mol. The van der Waals surface area contributed by atoms with E-state index in [1.165, 1.54) is 12.1 Å². The highest BCUT2D eigenvalue weighted by Gasteiger charge is 2.54. The second kappa shape index (κ2) is 9.68. The number of rotatable bonds is 9. The van der Waals surface area contributed by atoms with E-state index in [0.717, 1.165) is 25.7 Å². The number of carbonyl (C=O) groups is 2. The molecule has 0 aliphatic heterocycles. The van der Waals surface area contributed by atoms with Crippen LogP contribution < -0.4 is 20.5 Å². The molecule has 3 heterocycles. The van der Waals surface area contributed by atoms with Crippen molar-refractivity contribution < 1.29 is 33.0 Å². The van der Waals surface area contributed by atoms with Gasteiger partial charge in [0, 0.05) is 23.7 Å². The van der Waals surface area contributed by atoms with Crippen LogP contribution in [-0.4, -0.2) is 60.7 Å². The second-order valence-corrected chi connectivity index (χ2v) is 11.7. The Kier molecular flexibility index (Phi) is 6.36. The highest BCUT2D eigenvalue weighted by molar-refractivity contribution is 6.05. The molecule has 2 aliphatic rings. The van der Waals surface area contributed by atoms with E-state index in [2.05, 4.69) is 15.5 Å². The normalized spacial score (nSPS) is 22.1. The Morgan fingerprint density at radius 1 is 1.17 bits per heavy atom. The molecule has 3 aromatic heterocycles. The molecule has 6 rings (SSSR count). The van der Waals surface area contributed by atoms with E-state index >= 15 is 0 Å². The minimum atomic E-state index is -2.95. The lowest BCUT2D eigenvalue weighted by Crippen LogP contribution is -2.58. The van der Waals surface area contributed by atoms with Crippen LogP contribution in [0.5, 0.6) is 11.6 Å². The zero-order valence-electron chi connectivity index (χ0n) is 22.5. The van der Waals surface area contributed by atoms with Crippen LogP contribution in [0.15, 0.2) is 42.6 Å². The second-order valence-electron chi connectivity index (χ2n) is 11.7. The summed E-state index contributed by atoms with van der Waals surface area (Å²) in [6.45, 7) is 0.153. The number of hydrogen-bond donors (Lipinski definition) is 3. The van der Waals surface area contributed by atoms with Crippen LogP contribution in [0.2, 0.25) is 0 Å². The molecule has 0 saturated heterocycles. The van der Waals surface area contributed by atoms with Gasteiger partial charge < -0.3 is 25.6 Å². The first kappa shape index (κ1) is 26.9. The van der Waals surface area contributed by atoms with Gasteiger partial charge >= 0.3 is 6.55 Å². The van der Waals surface area contributed by atoms with Gasteiger partial charge in [0.2, 0.25) is 5.88 Å². The first-order valence-electron chi connectivity index (χ1n) is 13.3. The zero-order valence-corrected chi connectivity index (χ0v) is 22.5. The summed E-state index contributed by atoms with van der Waals surface area (Å²) in [6.07, 6.45) is 4.50. The van der Waals surface area contributed by atoms with Crippen LogP contribution in [0.4, 0.5) is 8.78 Å². The first-order valence-corrected chi connectivity index (χ1v) is 13.3.